The predicted molar refractivity (Wildman–Crippen MR) is 87.3 cm³/mol. The molecule has 4 N–H and O–H groups in total. The second-order valence-corrected chi connectivity index (χ2v) is 5.79. The van der Waals surface area contributed by atoms with Gasteiger partial charge >= 0.3 is 0 Å². The van der Waals surface area contributed by atoms with Gasteiger partial charge in [-0.25, -0.2) is 15.8 Å². The Balaban J connectivity index is 2.01. The molecule has 6 nitrogen and oxygen atoms in total. The lowest BCUT2D eigenvalue weighted by molar-refractivity contribution is 0.180. The third-order valence-corrected chi connectivity index (χ3v) is 4.22. The normalized spacial score (nSPS) is 17.5. The Morgan fingerprint density at radius 2 is 1.86 bits per heavy atom. The predicted octanol–water partition coefficient (Wildman–Crippen LogP) is 1.92. The van der Waals surface area contributed by atoms with Crippen LogP contribution >= 0.6 is 0 Å². The molecule has 1 aliphatic rings. The van der Waals surface area contributed by atoms with Crippen molar-refractivity contribution in [3.63, 3.8) is 0 Å². The molecule has 1 unspecified atom stereocenters. The Hall–Kier alpha value is -1.40. The van der Waals surface area contributed by atoms with Crippen molar-refractivity contribution < 1.29 is 0 Å². The van der Waals surface area contributed by atoms with Gasteiger partial charge in [-0.15, -0.1) is 0 Å². The molecule has 2 rings (SSSR count). The number of piperidine rings is 1. The molecule has 1 atom stereocenters. The van der Waals surface area contributed by atoms with Gasteiger partial charge in [-0.3, -0.25) is 4.90 Å². The zero-order chi connectivity index (χ0) is 15.2. The van der Waals surface area contributed by atoms with Crippen LogP contribution in [0.3, 0.4) is 0 Å². The van der Waals surface area contributed by atoms with Crippen molar-refractivity contribution in [3.05, 3.63) is 11.4 Å². The summed E-state index contributed by atoms with van der Waals surface area (Å²) in [5.41, 5.74) is 3.63. The second kappa shape index (κ2) is 7.56. The average Bonchev–Trinajstić information content (AvgIpc) is 2.54. The third kappa shape index (κ3) is 4.04. The summed E-state index contributed by atoms with van der Waals surface area (Å²) >= 11 is 0. The molecule has 1 aromatic rings. The van der Waals surface area contributed by atoms with E-state index in [1.165, 1.54) is 32.4 Å². The minimum absolute atomic E-state index is 0.513. The average molecular weight is 292 g/mol. The van der Waals surface area contributed by atoms with E-state index in [4.69, 9.17) is 5.84 Å². The number of nitrogen functional groups attached to an aromatic ring is 1. The van der Waals surface area contributed by atoms with E-state index in [2.05, 4.69) is 32.5 Å². The van der Waals surface area contributed by atoms with Crippen molar-refractivity contribution in [3.8, 4) is 0 Å². The SMILES string of the molecule is CCc1nc(NN)c(C)c(NCC(C)N2CCCCC2)n1. The zero-order valence-corrected chi connectivity index (χ0v) is 13.4. The molecular formula is C15H28N6. The van der Waals surface area contributed by atoms with Crippen LogP contribution in [-0.4, -0.2) is 40.5 Å². The number of nitrogens with two attached hydrogens (primary N) is 1. The number of hydrazine groups is 1. The third-order valence-electron chi connectivity index (χ3n) is 4.22. The van der Waals surface area contributed by atoms with Crippen molar-refractivity contribution in [1.29, 1.82) is 0 Å². The Kier molecular flexibility index (Phi) is 5.76. The first kappa shape index (κ1) is 16.0. The summed E-state index contributed by atoms with van der Waals surface area (Å²) in [6.07, 6.45) is 4.80. The van der Waals surface area contributed by atoms with Crippen LogP contribution in [0, 0.1) is 6.92 Å². The molecule has 21 heavy (non-hydrogen) atoms. The van der Waals surface area contributed by atoms with E-state index in [-0.39, 0.29) is 0 Å². The molecule has 118 valence electrons. The van der Waals surface area contributed by atoms with E-state index in [1.54, 1.807) is 0 Å². The fourth-order valence-corrected chi connectivity index (χ4v) is 2.77. The number of hydrogen-bond donors (Lipinski definition) is 3. The van der Waals surface area contributed by atoms with Crippen molar-refractivity contribution >= 4 is 11.6 Å². The number of rotatable bonds is 6. The summed E-state index contributed by atoms with van der Waals surface area (Å²) in [5, 5.41) is 3.47. The van der Waals surface area contributed by atoms with Crippen molar-refractivity contribution in [2.24, 2.45) is 5.84 Å². The van der Waals surface area contributed by atoms with Crippen LogP contribution in [0.5, 0.6) is 0 Å². The van der Waals surface area contributed by atoms with Gasteiger partial charge in [0.15, 0.2) is 0 Å². The van der Waals surface area contributed by atoms with E-state index in [0.29, 0.717) is 11.9 Å². The van der Waals surface area contributed by atoms with Gasteiger partial charge in [-0.05, 0) is 39.8 Å². The summed E-state index contributed by atoms with van der Waals surface area (Å²) in [6.45, 7) is 9.62. The first-order valence-corrected chi connectivity index (χ1v) is 7.97. The maximum absolute atomic E-state index is 5.54. The van der Waals surface area contributed by atoms with Crippen LogP contribution in [0.4, 0.5) is 11.6 Å². The molecule has 1 fully saturated rings. The topological polar surface area (TPSA) is 79.1 Å². The van der Waals surface area contributed by atoms with Gasteiger partial charge in [0.05, 0.1) is 0 Å². The largest absolute Gasteiger partial charge is 0.368 e. The lowest BCUT2D eigenvalue weighted by Gasteiger charge is -2.32. The molecule has 2 heterocycles. The summed E-state index contributed by atoms with van der Waals surface area (Å²) in [5.74, 6) is 7.94. The molecule has 0 bridgehead atoms. The zero-order valence-electron chi connectivity index (χ0n) is 13.4. The molecule has 0 aliphatic carbocycles. The molecule has 1 saturated heterocycles. The first-order valence-electron chi connectivity index (χ1n) is 7.97. The number of hydrogen-bond acceptors (Lipinski definition) is 6. The molecule has 6 heteroatoms. The minimum Gasteiger partial charge on any atom is -0.368 e. The lowest BCUT2D eigenvalue weighted by atomic mass is 10.1. The molecule has 0 radical (unpaired) electrons. The van der Waals surface area contributed by atoms with E-state index in [9.17, 15) is 0 Å². The number of nitrogens with one attached hydrogen (secondary N) is 2. The lowest BCUT2D eigenvalue weighted by Crippen LogP contribution is -2.41. The minimum atomic E-state index is 0.513. The molecule has 0 amide bonds. The number of aromatic nitrogens is 2. The first-order chi connectivity index (χ1) is 10.2. The van der Waals surface area contributed by atoms with Crippen molar-refractivity contribution in [1.82, 2.24) is 14.9 Å². The standard InChI is InChI=1S/C15H28N6/c1-4-13-18-14(12(3)15(19-13)20-16)17-10-11(2)21-8-6-5-7-9-21/h11H,4-10,16H2,1-3H3,(H2,17,18,19,20). The highest BCUT2D eigenvalue weighted by Crippen LogP contribution is 2.20. The Morgan fingerprint density at radius 3 is 2.48 bits per heavy atom. The summed E-state index contributed by atoms with van der Waals surface area (Å²) in [4.78, 5) is 11.5. The highest BCUT2D eigenvalue weighted by molar-refractivity contribution is 5.56. The summed E-state index contributed by atoms with van der Waals surface area (Å²) in [7, 11) is 0. The van der Waals surface area contributed by atoms with Gasteiger partial charge < -0.3 is 10.7 Å². The molecular weight excluding hydrogens is 264 g/mol. The molecule has 1 aromatic heterocycles. The Bertz CT molecular complexity index is 456. The Labute approximate surface area is 127 Å². The number of anilines is 2. The van der Waals surface area contributed by atoms with Gasteiger partial charge in [0.2, 0.25) is 0 Å². The van der Waals surface area contributed by atoms with E-state index >= 15 is 0 Å². The van der Waals surface area contributed by atoms with Gasteiger partial charge in [-0.1, -0.05) is 13.3 Å². The van der Waals surface area contributed by atoms with Gasteiger partial charge in [-0.2, -0.15) is 0 Å². The maximum atomic E-state index is 5.54. The van der Waals surface area contributed by atoms with Gasteiger partial charge in [0.1, 0.15) is 17.5 Å². The van der Waals surface area contributed by atoms with Crippen molar-refractivity contribution in [2.45, 2.75) is 52.5 Å². The second-order valence-electron chi connectivity index (χ2n) is 5.79. The highest BCUT2D eigenvalue weighted by atomic mass is 15.3. The van der Waals surface area contributed by atoms with Crippen LogP contribution in [0.1, 0.15) is 44.5 Å². The maximum Gasteiger partial charge on any atom is 0.148 e. The van der Waals surface area contributed by atoms with Crippen LogP contribution in [0.2, 0.25) is 0 Å². The molecule has 1 aliphatic heterocycles. The summed E-state index contributed by atoms with van der Waals surface area (Å²) in [6, 6.07) is 0.513. The van der Waals surface area contributed by atoms with Gasteiger partial charge in [0, 0.05) is 24.6 Å². The van der Waals surface area contributed by atoms with Crippen LogP contribution in [0.25, 0.3) is 0 Å². The number of likely N-dealkylation sites (tertiary alicyclic amines) is 1. The van der Waals surface area contributed by atoms with Crippen molar-refractivity contribution in [2.75, 3.05) is 30.4 Å². The molecule has 0 saturated carbocycles. The van der Waals surface area contributed by atoms with E-state index in [1.807, 2.05) is 13.8 Å². The highest BCUT2D eigenvalue weighted by Gasteiger charge is 2.17. The van der Waals surface area contributed by atoms with Crippen LogP contribution < -0.4 is 16.6 Å². The number of aryl methyl sites for hydroxylation is 1. The smallest absolute Gasteiger partial charge is 0.148 e. The van der Waals surface area contributed by atoms with E-state index < -0.39 is 0 Å². The van der Waals surface area contributed by atoms with Gasteiger partial charge in [0.25, 0.3) is 0 Å². The van der Waals surface area contributed by atoms with E-state index in [0.717, 1.165) is 30.2 Å². The fraction of sp³-hybridized carbons (Fsp3) is 0.733. The fourth-order valence-electron chi connectivity index (χ4n) is 2.77. The quantitative estimate of drug-likeness (QED) is 0.549. The monoisotopic (exact) mass is 292 g/mol. The molecule has 0 spiro atoms. The number of nitrogens with zero attached hydrogens (tertiary/aromatic N) is 3. The van der Waals surface area contributed by atoms with Crippen LogP contribution in [0.15, 0.2) is 0 Å². The summed E-state index contributed by atoms with van der Waals surface area (Å²) < 4.78 is 0. The molecule has 0 aromatic carbocycles. The van der Waals surface area contributed by atoms with Crippen LogP contribution in [-0.2, 0) is 6.42 Å². The Morgan fingerprint density at radius 1 is 1.19 bits per heavy atom.